The number of nitrogens with one attached hydrogen (secondary N) is 1. The Kier molecular flexibility index (Phi) is 3.77. The number of H-pyrrole nitrogens is 1. The number of hydrogen-bond donors (Lipinski definition) is 2. The zero-order valence-corrected chi connectivity index (χ0v) is 12.7. The van der Waals surface area contributed by atoms with Crippen LogP contribution in [0.1, 0.15) is 11.1 Å². The number of hydrogen-bond acceptors (Lipinski definition) is 4. The van der Waals surface area contributed by atoms with Gasteiger partial charge in [0.2, 0.25) is 5.88 Å². The zero-order chi connectivity index (χ0) is 15.7. The molecule has 112 valence electrons. The van der Waals surface area contributed by atoms with Crippen LogP contribution in [0.4, 0.5) is 0 Å². The van der Waals surface area contributed by atoms with Gasteiger partial charge in [-0.25, -0.2) is 0 Å². The molecule has 6 heteroatoms. The van der Waals surface area contributed by atoms with Gasteiger partial charge in [0.1, 0.15) is 5.56 Å². The third-order valence-electron chi connectivity index (χ3n) is 3.62. The average molecular weight is 313 g/mol. The van der Waals surface area contributed by atoms with Crippen LogP contribution < -0.4 is 16.1 Å². The summed E-state index contributed by atoms with van der Waals surface area (Å²) >= 11 is 5.06. The highest BCUT2D eigenvalue weighted by molar-refractivity contribution is 7.71. The Balaban J connectivity index is 2.31. The van der Waals surface area contributed by atoms with Gasteiger partial charge in [0, 0.05) is 18.3 Å². The van der Waals surface area contributed by atoms with Gasteiger partial charge in [-0.1, -0.05) is 24.3 Å². The van der Waals surface area contributed by atoms with Crippen LogP contribution in [0.15, 0.2) is 40.6 Å². The fraction of sp³-hybridized carbons (Fsp3) is 0.188. The summed E-state index contributed by atoms with van der Waals surface area (Å²) in [7, 11) is 0. The number of rotatable bonds is 3. The SMILES string of the molecule is C=CCn1c(O)c(/C=c2/cccc3c2=NCC3)c(=O)[nH]c1=S. The molecule has 0 fully saturated rings. The fourth-order valence-corrected chi connectivity index (χ4v) is 2.82. The lowest BCUT2D eigenvalue weighted by Crippen LogP contribution is -2.27. The maximum absolute atomic E-state index is 12.1. The van der Waals surface area contributed by atoms with Gasteiger partial charge >= 0.3 is 0 Å². The summed E-state index contributed by atoms with van der Waals surface area (Å²) in [6.45, 7) is 4.70. The second-order valence-corrected chi connectivity index (χ2v) is 5.41. The van der Waals surface area contributed by atoms with Crippen LogP contribution in [0.5, 0.6) is 5.88 Å². The quantitative estimate of drug-likeness (QED) is 0.650. The van der Waals surface area contributed by atoms with Crippen molar-refractivity contribution in [1.29, 1.82) is 0 Å². The number of nitrogens with zero attached hydrogens (tertiary/aromatic N) is 2. The van der Waals surface area contributed by atoms with Crippen LogP contribution in [0.25, 0.3) is 6.08 Å². The van der Waals surface area contributed by atoms with Crippen LogP contribution in [0, 0.1) is 4.77 Å². The Hall–Kier alpha value is -2.47. The molecule has 0 unspecified atom stereocenters. The number of allylic oxidation sites excluding steroid dienone is 1. The Bertz CT molecular complexity index is 986. The molecule has 2 N–H and O–H groups in total. The van der Waals surface area contributed by atoms with Gasteiger partial charge in [-0.3, -0.25) is 19.3 Å². The normalized spacial score (nSPS) is 13.7. The first-order valence-electron chi connectivity index (χ1n) is 6.93. The molecule has 2 heterocycles. The molecule has 22 heavy (non-hydrogen) atoms. The summed E-state index contributed by atoms with van der Waals surface area (Å²) in [4.78, 5) is 19.2. The third-order valence-corrected chi connectivity index (χ3v) is 3.94. The van der Waals surface area contributed by atoms with E-state index in [-0.39, 0.29) is 16.2 Å². The second-order valence-electron chi connectivity index (χ2n) is 5.03. The van der Waals surface area contributed by atoms with Crippen LogP contribution in [0.3, 0.4) is 0 Å². The number of fused-ring (bicyclic) bond motifs is 1. The zero-order valence-electron chi connectivity index (χ0n) is 11.9. The molecular weight excluding hydrogens is 298 g/mol. The highest BCUT2D eigenvalue weighted by Gasteiger charge is 2.11. The third kappa shape index (κ3) is 2.42. The summed E-state index contributed by atoms with van der Waals surface area (Å²) in [6, 6.07) is 5.83. The van der Waals surface area contributed by atoms with Crippen molar-refractivity contribution in [3.05, 3.63) is 67.7 Å². The van der Waals surface area contributed by atoms with E-state index in [4.69, 9.17) is 12.2 Å². The first-order chi connectivity index (χ1) is 10.6. The second kappa shape index (κ2) is 5.73. The van der Waals surface area contributed by atoms with E-state index in [0.717, 1.165) is 29.1 Å². The highest BCUT2D eigenvalue weighted by atomic mass is 32.1. The Morgan fingerprint density at radius 2 is 2.32 bits per heavy atom. The number of aromatic nitrogens is 2. The first-order valence-corrected chi connectivity index (χ1v) is 7.33. The number of benzene rings is 1. The van der Waals surface area contributed by atoms with Gasteiger partial charge in [-0.15, -0.1) is 6.58 Å². The molecule has 1 aromatic heterocycles. The van der Waals surface area contributed by atoms with Crippen molar-refractivity contribution in [3.63, 3.8) is 0 Å². The lowest BCUT2D eigenvalue weighted by Gasteiger charge is -2.08. The topological polar surface area (TPSA) is 70.4 Å². The minimum absolute atomic E-state index is 0.163. The smallest absolute Gasteiger partial charge is 0.262 e. The summed E-state index contributed by atoms with van der Waals surface area (Å²) in [6.07, 6.45) is 4.16. The average Bonchev–Trinajstić information content (AvgIpc) is 2.97. The Morgan fingerprint density at radius 3 is 3.09 bits per heavy atom. The van der Waals surface area contributed by atoms with E-state index < -0.39 is 5.56 Å². The van der Waals surface area contributed by atoms with E-state index in [2.05, 4.69) is 16.6 Å². The van der Waals surface area contributed by atoms with Gasteiger partial charge in [0.15, 0.2) is 4.77 Å². The molecular formula is C16H15N3O2S. The van der Waals surface area contributed by atoms with E-state index in [1.165, 1.54) is 4.57 Å². The van der Waals surface area contributed by atoms with Crippen molar-refractivity contribution in [3.8, 4) is 5.88 Å². The molecule has 0 spiro atoms. The van der Waals surface area contributed by atoms with Crippen LogP contribution in [-0.2, 0) is 13.0 Å². The van der Waals surface area contributed by atoms with E-state index in [1.54, 1.807) is 12.2 Å². The molecule has 0 saturated heterocycles. The van der Waals surface area contributed by atoms with Gasteiger partial charge < -0.3 is 5.11 Å². The Morgan fingerprint density at radius 1 is 1.50 bits per heavy atom. The van der Waals surface area contributed by atoms with Crippen molar-refractivity contribution in [2.45, 2.75) is 13.0 Å². The number of para-hydroxylation sites is 1. The first kappa shape index (κ1) is 14.5. The van der Waals surface area contributed by atoms with E-state index in [9.17, 15) is 9.90 Å². The van der Waals surface area contributed by atoms with E-state index in [0.29, 0.717) is 6.54 Å². The lowest BCUT2D eigenvalue weighted by molar-refractivity contribution is 0.412. The fourth-order valence-electron chi connectivity index (χ4n) is 2.57. The largest absolute Gasteiger partial charge is 0.494 e. The minimum Gasteiger partial charge on any atom is -0.494 e. The monoisotopic (exact) mass is 313 g/mol. The molecule has 3 rings (SSSR count). The van der Waals surface area contributed by atoms with Crippen molar-refractivity contribution in [1.82, 2.24) is 9.55 Å². The maximum atomic E-state index is 12.1. The van der Waals surface area contributed by atoms with Crippen LogP contribution in [0.2, 0.25) is 0 Å². The molecule has 1 aliphatic heterocycles. The molecule has 1 aromatic carbocycles. The summed E-state index contributed by atoms with van der Waals surface area (Å²) in [5.74, 6) is -0.163. The standard InChI is InChI=1S/C16H15N3O2S/c1-2-8-19-15(21)12(14(20)18-16(19)22)9-11-5-3-4-10-6-7-17-13(10)11/h2-5,9,21H,1,6-8H2,(H,18,20,22)/b11-9-. The minimum atomic E-state index is -0.418. The predicted molar refractivity (Wildman–Crippen MR) is 87.1 cm³/mol. The predicted octanol–water partition coefficient (Wildman–Crippen LogP) is 0.802. The summed E-state index contributed by atoms with van der Waals surface area (Å²) < 4.78 is 1.60. The molecule has 0 atom stereocenters. The summed E-state index contributed by atoms with van der Waals surface area (Å²) in [5, 5.41) is 12.1. The van der Waals surface area contributed by atoms with Crippen LogP contribution >= 0.6 is 12.2 Å². The number of aromatic hydroxyl groups is 1. The molecule has 0 aliphatic carbocycles. The van der Waals surface area contributed by atoms with Gasteiger partial charge in [0.25, 0.3) is 5.56 Å². The van der Waals surface area contributed by atoms with Gasteiger partial charge in [-0.2, -0.15) is 0 Å². The molecule has 0 saturated carbocycles. The van der Waals surface area contributed by atoms with Crippen LogP contribution in [-0.4, -0.2) is 21.2 Å². The molecule has 0 amide bonds. The van der Waals surface area contributed by atoms with Crippen molar-refractivity contribution < 1.29 is 5.11 Å². The van der Waals surface area contributed by atoms with Crippen molar-refractivity contribution in [2.75, 3.05) is 6.54 Å². The van der Waals surface area contributed by atoms with Crippen molar-refractivity contribution in [2.24, 2.45) is 4.99 Å². The van der Waals surface area contributed by atoms with E-state index in [1.807, 2.05) is 18.2 Å². The molecule has 5 nitrogen and oxygen atoms in total. The van der Waals surface area contributed by atoms with Gasteiger partial charge in [-0.05, 0) is 30.3 Å². The lowest BCUT2D eigenvalue weighted by atomic mass is 10.1. The Labute approximate surface area is 131 Å². The van der Waals surface area contributed by atoms with Gasteiger partial charge in [0.05, 0.1) is 5.36 Å². The van der Waals surface area contributed by atoms with E-state index >= 15 is 0 Å². The molecule has 2 aromatic rings. The highest BCUT2D eigenvalue weighted by Crippen LogP contribution is 2.13. The molecule has 1 aliphatic rings. The molecule has 0 bridgehead atoms. The summed E-state index contributed by atoms with van der Waals surface area (Å²) in [5.41, 5.74) is 0.910. The van der Waals surface area contributed by atoms with Crippen molar-refractivity contribution >= 4 is 18.3 Å². The molecule has 0 radical (unpaired) electrons. The maximum Gasteiger partial charge on any atom is 0.262 e. The number of aromatic amines is 1.